The van der Waals surface area contributed by atoms with Gasteiger partial charge in [0.05, 0.1) is 24.2 Å². The normalized spacial score (nSPS) is 15.7. The average Bonchev–Trinajstić information content (AvgIpc) is 2.88. The number of halogens is 1. The third-order valence-electron chi connectivity index (χ3n) is 5.89. The van der Waals surface area contributed by atoms with Crippen molar-refractivity contribution in [2.45, 2.75) is 32.7 Å². The van der Waals surface area contributed by atoms with Crippen LogP contribution in [-0.2, 0) is 16.1 Å². The van der Waals surface area contributed by atoms with Crippen LogP contribution in [0.2, 0.25) is 5.15 Å². The summed E-state index contributed by atoms with van der Waals surface area (Å²) in [6.07, 6.45) is 2.22. The first-order chi connectivity index (χ1) is 17.2. The second-order valence-corrected chi connectivity index (χ2v) is 8.56. The predicted molar refractivity (Wildman–Crippen MR) is 135 cm³/mol. The number of esters is 1. The largest absolute Gasteiger partial charge is 0.497 e. The fourth-order valence-electron chi connectivity index (χ4n) is 4.11. The number of nitro groups is 1. The quantitative estimate of drug-likeness (QED) is 0.217. The average molecular weight is 516 g/mol. The first kappa shape index (κ1) is 26.8. The van der Waals surface area contributed by atoms with E-state index >= 15 is 0 Å². The Labute approximate surface area is 215 Å². The van der Waals surface area contributed by atoms with E-state index in [1.54, 1.807) is 49.6 Å². The Kier molecular flexibility index (Phi) is 8.76. The van der Waals surface area contributed by atoms with Crippen LogP contribution in [-0.4, -0.2) is 53.0 Å². The molecule has 36 heavy (non-hydrogen) atoms. The third kappa shape index (κ3) is 5.54. The van der Waals surface area contributed by atoms with Gasteiger partial charge < -0.3 is 25.0 Å². The van der Waals surface area contributed by atoms with Crippen molar-refractivity contribution in [3.8, 4) is 5.75 Å². The first-order valence-electron chi connectivity index (χ1n) is 11.5. The lowest BCUT2D eigenvalue weighted by Crippen LogP contribution is -2.43. The summed E-state index contributed by atoms with van der Waals surface area (Å²) in [4.78, 5) is 32.8. The highest BCUT2D eigenvalue weighted by atomic mass is 35.5. The van der Waals surface area contributed by atoms with Gasteiger partial charge in [-0.25, -0.2) is 9.78 Å². The van der Waals surface area contributed by atoms with Gasteiger partial charge in [-0.05, 0) is 42.7 Å². The number of methoxy groups -OCH3 is 1. The van der Waals surface area contributed by atoms with Gasteiger partial charge >= 0.3 is 5.97 Å². The van der Waals surface area contributed by atoms with Crippen LogP contribution in [0.1, 0.15) is 37.3 Å². The predicted octanol–water partition coefficient (Wildman–Crippen LogP) is 3.86. The summed E-state index contributed by atoms with van der Waals surface area (Å²) in [5.74, 6) is -0.798. The van der Waals surface area contributed by atoms with Gasteiger partial charge in [0, 0.05) is 26.3 Å². The van der Waals surface area contributed by atoms with E-state index in [0.29, 0.717) is 36.0 Å². The molecule has 0 bridgehead atoms. The highest BCUT2D eigenvalue weighted by Crippen LogP contribution is 2.42. The zero-order chi connectivity index (χ0) is 26.4. The van der Waals surface area contributed by atoms with E-state index in [1.165, 1.54) is 12.0 Å². The van der Waals surface area contributed by atoms with E-state index in [-0.39, 0.29) is 29.5 Å². The molecule has 0 fully saturated rings. The summed E-state index contributed by atoms with van der Waals surface area (Å²) in [6.45, 7) is 4.66. The molecule has 1 aliphatic heterocycles. The number of hydrogen-bond acceptors (Lipinski definition) is 9. The number of rotatable bonds is 10. The minimum atomic E-state index is -1.06. The van der Waals surface area contributed by atoms with Crippen LogP contribution in [0.5, 0.6) is 5.75 Å². The molecule has 3 rings (SSSR count). The highest BCUT2D eigenvalue weighted by Gasteiger charge is 2.46. The molecule has 10 nitrogen and oxygen atoms in total. The molecule has 192 valence electrons. The molecule has 11 heteroatoms. The number of allylic oxidation sites excluding steroid dienone is 1. The molecule has 0 amide bonds. The molecule has 1 aliphatic rings. The van der Waals surface area contributed by atoms with E-state index in [9.17, 15) is 14.9 Å². The molecule has 0 radical (unpaired) electrons. The van der Waals surface area contributed by atoms with Crippen molar-refractivity contribution in [2.75, 3.05) is 27.3 Å². The van der Waals surface area contributed by atoms with E-state index < -0.39 is 16.8 Å². The summed E-state index contributed by atoms with van der Waals surface area (Å²) in [7, 11) is 3.13. The molecule has 1 aromatic carbocycles. The lowest BCUT2D eigenvalue weighted by atomic mass is 9.85. The Hall–Kier alpha value is -3.79. The Morgan fingerprint density at radius 1 is 1.25 bits per heavy atom. The third-order valence-corrected chi connectivity index (χ3v) is 6.12. The standard InChI is InChI=1S/C25H30ClN5O5/c1-5-13-36-25(32)21-20(17-8-10-18(35-4)11-9-17)22(31(33)34)24(29(3)23(21)27)30(6-2)15-16-7-12-19(26)28-14-16/h7-12,14,20H,5-6,13,15,27H2,1-4H3. The van der Waals surface area contributed by atoms with Crippen molar-refractivity contribution in [2.24, 2.45) is 5.73 Å². The van der Waals surface area contributed by atoms with Gasteiger partial charge in [0.15, 0.2) is 5.82 Å². The molecule has 2 N–H and O–H groups in total. The molecule has 2 heterocycles. The van der Waals surface area contributed by atoms with E-state index in [0.717, 1.165) is 5.56 Å². The molecule has 0 saturated carbocycles. The smallest absolute Gasteiger partial charge is 0.338 e. The number of pyridine rings is 1. The number of nitrogens with zero attached hydrogens (tertiary/aromatic N) is 4. The van der Waals surface area contributed by atoms with Gasteiger partial charge in [-0.15, -0.1) is 0 Å². The topological polar surface area (TPSA) is 124 Å². The lowest BCUT2D eigenvalue weighted by Gasteiger charge is -2.38. The summed E-state index contributed by atoms with van der Waals surface area (Å²) in [5, 5.41) is 13.0. The molecule has 0 saturated heterocycles. The molecular formula is C25H30ClN5O5. The minimum Gasteiger partial charge on any atom is -0.497 e. The maximum absolute atomic E-state index is 13.2. The number of nitrogens with two attached hydrogens (primary N) is 1. The summed E-state index contributed by atoms with van der Waals surface area (Å²) in [5.41, 5.74) is 7.68. The number of aromatic nitrogens is 1. The van der Waals surface area contributed by atoms with Crippen molar-refractivity contribution in [1.29, 1.82) is 0 Å². The maximum Gasteiger partial charge on any atom is 0.338 e. The monoisotopic (exact) mass is 515 g/mol. The second kappa shape index (κ2) is 11.8. The Morgan fingerprint density at radius 2 is 1.94 bits per heavy atom. The molecule has 0 spiro atoms. The van der Waals surface area contributed by atoms with Crippen LogP contribution in [0.25, 0.3) is 0 Å². The number of carbonyl (C=O) groups is 1. The van der Waals surface area contributed by atoms with Crippen molar-refractivity contribution in [3.63, 3.8) is 0 Å². The van der Waals surface area contributed by atoms with Gasteiger partial charge in [0.25, 0.3) is 5.70 Å². The van der Waals surface area contributed by atoms with E-state index in [2.05, 4.69) is 4.98 Å². The summed E-state index contributed by atoms with van der Waals surface area (Å²) < 4.78 is 10.6. The zero-order valence-electron chi connectivity index (χ0n) is 20.7. The number of hydrogen-bond donors (Lipinski definition) is 1. The lowest BCUT2D eigenvalue weighted by molar-refractivity contribution is -0.433. The summed E-state index contributed by atoms with van der Waals surface area (Å²) in [6, 6.07) is 10.2. The fourth-order valence-corrected chi connectivity index (χ4v) is 4.23. The van der Waals surface area contributed by atoms with Crippen LogP contribution in [0, 0.1) is 10.1 Å². The molecule has 1 unspecified atom stereocenters. The van der Waals surface area contributed by atoms with Crippen LogP contribution in [0.15, 0.2) is 65.5 Å². The van der Waals surface area contributed by atoms with E-state index in [4.69, 9.17) is 26.8 Å². The number of ether oxygens (including phenoxy) is 2. The van der Waals surface area contributed by atoms with Gasteiger partial charge in [-0.1, -0.05) is 36.7 Å². The van der Waals surface area contributed by atoms with Crippen LogP contribution in [0.3, 0.4) is 0 Å². The van der Waals surface area contributed by atoms with Gasteiger partial charge in [0.1, 0.15) is 22.6 Å². The van der Waals surface area contributed by atoms with Crippen molar-refractivity contribution in [1.82, 2.24) is 14.8 Å². The Bertz CT molecular complexity index is 1160. The van der Waals surface area contributed by atoms with Crippen molar-refractivity contribution >= 4 is 17.6 Å². The van der Waals surface area contributed by atoms with Crippen LogP contribution >= 0.6 is 11.6 Å². The minimum absolute atomic E-state index is 0.0239. The van der Waals surface area contributed by atoms with Gasteiger partial charge in [-0.3, -0.25) is 10.1 Å². The van der Waals surface area contributed by atoms with Crippen molar-refractivity contribution in [3.05, 3.63) is 91.9 Å². The maximum atomic E-state index is 13.2. The number of benzene rings is 1. The molecular weight excluding hydrogens is 486 g/mol. The SMILES string of the molecule is CCCOC(=O)C1=C(N)N(C)C(N(CC)Cc2ccc(Cl)nc2)=C([N+](=O)[O-])C1c1ccc(OC)cc1. The summed E-state index contributed by atoms with van der Waals surface area (Å²) >= 11 is 5.92. The van der Waals surface area contributed by atoms with E-state index in [1.807, 2.05) is 18.7 Å². The van der Waals surface area contributed by atoms with Gasteiger partial charge in [-0.2, -0.15) is 0 Å². The second-order valence-electron chi connectivity index (χ2n) is 8.17. The first-order valence-corrected chi connectivity index (χ1v) is 11.9. The molecule has 0 aliphatic carbocycles. The van der Waals surface area contributed by atoms with Crippen LogP contribution < -0.4 is 10.5 Å². The number of carbonyl (C=O) groups excluding carboxylic acids is 1. The molecule has 1 atom stereocenters. The van der Waals surface area contributed by atoms with Crippen molar-refractivity contribution < 1.29 is 19.2 Å². The molecule has 1 aromatic heterocycles. The fraction of sp³-hybridized carbons (Fsp3) is 0.360. The zero-order valence-corrected chi connectivity index (χ0v) is 21.5. The van der Waals surface area contributed by atoms with Crippen LogP contribution in [0.4, 0.5) is 0 Å². The van der Waals surface area contributed by atoms with Gasteiger partial charge in [0.2, 0.25) is 0 Å². The Morgan fingerprint density at radius 3 is 2.47 bits per heavy atom. The molecule has 2 aromatic rings. The Balaban J connectivity index is 2.21. The highest BCUT2D eigenvalue weighted by molar-refractivity contribution is 6.29.